The Morgan fingerprint density at radius 2 is 1.92 bits per heavy atom. The summed E-state index contributed by atoms with van der Waals surface area (Å²) >= 11 is 7.95. The van der Waals surface area contributed by atoms with Gasteiger partial charge in [0, 0.05) is 23.4 Å². The first-order chi connectivity index (χ1) is 12.7. The molecule has 2 aromatic carbocycles. The van der Waals surface area contributed by atoms with Gasteiger partial charge in [-0.1, -0.05) is 35.5 Å². The molecule has 0 aliphatic carbocycles. The Bertz CT molecular complexity index is 918. The molecular formula is C19H17ClN4OS. The topological polar surface area (TPSA) is 63.7 Å². The molecule has 3 aromatic rings. The Morgan fingerprint density at radius 3 is 2.62 bits per heavy atom. The fourth-order valence-electron chi connectivity index (χ4n) is 2.46. The van der Waals surface area contributed by atoms with Gasteiger partial charge < -0.3 is 4.74 Å². The summed E-state index contributed by atoms with van der Waals surface area (Å²) in [7, 11) is 1.64. The van der Waals surface area contributed by atoms with Gasteiger partial charge in [-0.25, -0.2) is 0 Å². The molecule has 0 aliphatic heterocycles. The van der Waals surface area contributed by atoms with Gasteiger partial charge in [0.1, 0.15) is 5.75 Å². The fraction of sp³-hybridized carbons (Fsp3) is 0.211. The molecule has 0 N–H and O–H groups in total. The lowest BCUT2D eigenvalue weighted by Gasteiger charge is -2.11. The molecular weight excluding hydrogens is 368 g/mol. The SMILES string of the molecule is COc1ccc(-n2c(SCCCC#N)nnc2-c2ccccc2Cl)cc1. The molecule has 26 heavy (non-hydrogen) atoms. The highest BCUT2D eigenvalue weighted by molar-refractivity contribution is 7.99. The van der Waals surface area contributed by atoms with Crippen LogP contribution in [-0.4, -0.2) is 27.6 Å². The van der Waals surface area contributed by atoms with Crippen LogP contribution in [0.3, 0.4) is 0 Å². The van der Waals surface area contributed by atoms with E-state index in [-0.39, 0.29) is 0 Å². The predicted molar refractivity (Wildman–Crippen MR) is 104 cm³/mol. The molecule has 0 radical (unpaired) electrons. The zero-order valence-corrected chi connectivity index (χ0v) is 15.8. The monoisotopic (exact) mass is 384 g/mol. The Labute approximate surface area is 161 Å². The molecule has 7 heteroatoms. The summed E-state index contributed by atoms with van der Waals surface area (Å²) in [6, 6.07) is 17.5. The van der Waals surface area contributed by atoms with Gasteiger partial charge in [-0.05, 0) is 42.8 Å². The molecule has 132 valence electrons. The normalized spacial score (nSPS) is 10.5. The Kier molecular flexibility index (Phi) is 6.16. The van der Waals surface area contributed by atoms with E-state index >= 15 is 0 Å². The lowest BCUT2D eigenvalue weighted by molar-refractivity contribution is 0.414. The van der Waals surface area contributed by atoms with Crippen LogP contribution in [0.15, 0.2) is 53.7 Å². The van der Waals surface area contributed by atoms with E-state index < -0.39 is 0 Å². The van der Waals surface area contributed by atoms with Crippen molar-refractivity contribution < 1.29 is 4.74 Å². The highest BCUT2D eigenvalue weighted by Crippen LogP contribution is 2.32. The first-order valence-electron chi connectivity index (χ1n) is 8.09. The Morgan fingerprint density at radius 1 is 1.15 bits per heavy atom. The standard InChI is InChI=1S/C19H17ClN4OS/c1-25-15-10-8-14(9-11-15)24-18(16-6-2-3-7-17(16)20)22-23-19(24)26-13-5-4-12-21/h2-3,6-11H,4-5,13H2,1H3. The zero-order chi connectivity index (χ0) is 18.4. The van der Waals surface area contributed by atoms with E-state index in [0.717, 1.165) is 34.3 Å². The van der Waals surface area contributed by atoms with Crippen molar-refractivity contribution >= 4 is 23.4 Å². The Balaban J connectivity index is 2.03. The van der Waals surface area contributed by atoms with E-state index in [4.69, 9.17) is 21.6 Å². The van der Waals surface area contributed by atoms with Crippen molar-refractivity contribution in [2.45, 2.75) is 18.0 Å². The number of thioether (sulfide) groups is 1. The van der Waals surface area contributed by atoms with Crippen LogP contribution in [0, 0.1) is 11.3 Å². The number of rotatable bonds is 7. The van der Waals surface area contributed by atoms with Crippen LogP contribution < -0.4 is 4.74 Å². The maximum Gasteiger partial charge on any atom is 0.196 e. The van der Waals surface area contributed by atoms with Crippen LogP contribution in [0.2, 0.25) is 5.02 Å². The Hall–Kier alpha value is -2.49. The maximum absolute atomic E-state index is 8.71. The fourth-order valence-corrected chi connectivity index (χ4v) is 3.57. The van der Waals surface area contributed by atoms with E-state index in [1.54, 1.807) is 18.9 Å². The van der Waals surface area contributed by atoms with Crippen molar-refractivity contribution in [2.24, 2.45) is 0 Å². The number of halogens is 1. The summed E-state index contributed by atoms with van der Waals surface area (Å²) in [6.07, 6.45) is 1.33. The number of nitriles is 1. The summed E-state index contributed by atoms with van der Waals surface area (Å²) in [6.45, 7) is 0. The molecule has 0 spiro atoms. The number of aromatic nitrogens is 3. The number of unbranched alkanes of at least 4 members (excludes halogenated alkanes) is 1. The van der Waals surface area contributed by atoms with Gasteiger partial charge >= 0.3 is 0 Å². The average Bonchev–Trinajstić information content (AvgIpc) is 3.09. The number of nitrogens with zero attached hydrogens (tertiary/aromatic N) is 4. The lowest BCUT2D eigenvalue weighted by atomic mass is 10.2. The third kappa shape index (κ3) is 4.01. The molecule has 0 amide bonds. The molecule has 3 rings (SSSR count). The van der Waals surface area contributed by atoms with Crippen LogP contribution >= 0.6 is 23.4 Å². The van der Waals surface area contributed by atoms with Crippen molar-refractivity contribution in [1.29, 1.82) is 5.26 Å². The van der Waals surface area contributed by atoms with Crippen LogP contribution in [0.5, 0.6) is 5.75 Å². The van der Waals surface area contributed by atoms with Crippen LogP contribution in [0.4, 0.5) is 0 Å². The van der Waals surface area contributed by atoms with E-state index in [1.165, 1.54) is 0 Å². The van der Waals surface area contributed by atoms with Crippen LogP contribution in [0.25, 0.3) is 17.1 Å². The number of methoxy groups -OCH3 is 1. The van der Waals surface area contributed by atoms with Gasteiger partial charge in [0.2, 0.25) is 0 Å². The van der Waals surface area contributed by atoms with Gasteiger partial charge in [-0.15, -0.1) is 10.2 Å². The van der Waals surface area contributed by atoms with Crippen molar-refractivity contribution in [3.8, 4) is 28.9 Å². The van der Waals surface area contributed by atoms with Crippen LogP contribution in [-0.2, 0) is 0 Å². The molecule has 0 aliphatic rings. The summed E-state index contributed by atoms with van der Waals surface area (Å²) < 4.78 is 7.23. The van der Waals surface area contributed by atoms with Crippen molar-refractivity contribution in [1.82, 2.24) is 14.8 Å². The number of hydrogen-bond donors (Lipinski definition) is 0. The number of ether oxygens (including phenoxy) is 1. The maximum atomic E-state index is 8.71. The van der Waals surface area contributed by atoms with Gasteiger partial charge in [0.05, 0.1) is 18.2 Å². The summed E-state index contributed by atoms with van der Waals surface area (Å²) in [4.78, 5) is 0. The van der Waals surface area contributed by atoms with Crippen molar-refractivity contribution in [3.63, 3.8) is 0 Å². The van der Waals surface area contributed by atoms with E-state index in [2.05, 4.69) is 16.3 Å². The molecule has 5 nitrogen and oxygen atoms in total. The zero-order valence-electron chi connectivity index (χ0n) is 14.2. The molecule has 1 heterocycles. The average molecular weight is 385 g/mol. The second-order valence-corrected chi connectivity index (χ2v) is 6.90. The molecule has 0 atom stereocenters. The van der Waals surface area contributed by atoms with E-state index in [1.807, 2.05) is 53.1 Å². The van der Waals surface area contributed by atoms with E-state index in [0.29, 0.717) is 17.3 Å². The van der Waals surface area contributed by atoms with E-state index in [9.17, 15) is 0 Å². The first kappa shape index (κ1) is 18.3. The molecule has 0 bridgehead atoms. The first-order valence-corrected chi connectivity index (χ1v) is 9.45. The smallest absolute Gasteiger partial charge is 0.196 e. The molecule has 0 unspecified atom stereocenters. The van der Waals surface area contributed by atoms with Gasteiger partial charge in [-0.2, -0.15) is 5.26 Å². The minimum absolute atomic E-state index is 0.529. The highest BCUT2D eigenvalue weighted by Gasteiger charge is 2.18. The minimum Gasteiger partial charge on any atom is -0.497 e. The highest BCUT2D eigenvalue weighted by atomic mass is 35.5. The molecule has 1 aromatic heterocycles. The van der Waals surface area contributed by atoms with Gasteiger partial charge in [-0.3, -0.25) is 4.57 Å². The van der Waals surface area contributed by atoms with Crippen molar-refractivity contribution in [3.05, 3.63) is 53.6 Å². The third-order valence-corrected chi connectivity index (χ3v) is 5.09. The van der Waals surface area contributed by atoms with Crippen LogP contribution in [0.1, 0.15) is 12.8 Å². The molecule has 0 fully saturated rings. The largest absolute Gasteiger partial charge is 0.497 e. The molecule has 0 saturated heterocycles. The minimum atomic E-state index is 0.529. The summed E-state index contributed by atoms with van der Waals surface area (Å²) in [5, 5.41) is 18.8. The summed E-state index contributed by atoms with van der Waals surface area (Å²) in [5.41, 5.74) is 1.75. The lowest BCUT2D eigenvalue weighted by Crippen LogP contribution is -2.00. The quantitative estimate of drug-likeness (QED) is 0.424. The summed E-state index contributed by atoms with van der Waals surface area (Å²) in [5.74, 6) is 2.26. The third-order valence-electron chi connectivity index (χ3n) is 3.74. The predicted octanol–water partition coefficient (Wildman–Crippen LogP) is 4.99. The van der Waals surface area contributed by atoms with Gasteiger partial charge in [0.25, 0.3) is 0 Å². The number of benzene rings is 2. The molecule has 0 saturated carbocycles. The van der Waals surface area contributed by atoms with Crippen molar-refractivity contribution in [2.75, 3.05) is 12.9 Å². The second-order valence-electron chi connectivity index (χ2n) is 5.43. The second kappa shape index (κ2) is 8.75. The van der Waals surface area contributed by atoms with Gasteiger partial charge in [0.15, 0.2) is 11.0 Å². The number of hydrogen-bond acceptors (Lipinski definition) is 5.